The van der Waals surface area contributed by atoms with Gasteiger partial charge in [-0.1, -0.05) is 52.5 Å². The molecule has 12 heteroatoms. The van der Waals surface area contributed by atoms with E-state index >= 15 is 0 Å². The molecule has 0 N–H and O–H groups in total. The van der Waals surface area contributed by atoms with E-state index in [0.29, 0.717) is 11.0 Å². The Balaban J connectivity index is 1.87. The average Bonchev–Trinajstić information content (AvgIpc) is 2.99. The molecule has 3 aliphatic rings. The lowest BCUT2D eigenvalue weighted by Gasteiger charge is -2.34. The van der Waals surface area contributed by atoms with Gasteiger partial charge < -0.3 is 0 Å². The van der Waals surface area contributed by atoms with E-state index in [1.54, 1.807) is 0 Å². The number of alkyl halides is 7. The fraction of sp³-hybridized carbons (Fsp3) is 0.375. The van der Waals surface area contributed by atoms with Crippen molar-refractivity contribution >= 4 is 87.1 Å². The summed E-state index contributed by atoms with van der Waals surface area (Å²) in [6, 6.07) is 3.73. The molecule has 1 saturated carbocycles. The summed E-state index contributed by atoms with van der Waals surface area (Å²) in [5, 5.41) is -0.548. The van der Waals surface area contributed by atoms with Gasteiger partial charge in [-0.25, -0.2) is 4.90 Å². The third kappa shape index (κ3) is 2.12. The number of allylic oxidation sites excluding steroid dienone is 2. The topological polar surface area (TPSA) is 37.4 Å². The molecule has 28 heavy (non-hydrogen) atoms. The molecule has 1 saturated heterocycles. The molecule has 1 aromatic rings. The van der Waals surface area contributed by atoms with Crippen molar-refractivity contribution in [2.75, 3.05) is 4.90 Å². The van der Waals surface area contributed by atoms with E-state index in [0.717, 1.165) is 12.1 Å². The second kappa shape index (κ2) is 5.86. The summed E-state index contributed by atoms with van der Waals surface area (Å²) in [5.41, 5.74) is -1.33. The summed E-state index contributed by atoms with van der Waals surface area (Å²) in [6.07, 6.45) is -4.67. The van der Waals surface area contributed by atoms with Crippen LogP contribution in [0.2, 0.25) is 0 Å². The summed E-state index contributed by atoms with van der Waals surface area (Å²) in [7, 11) is 0. The molecule has 1 aromatic carbocycles. The Kier molecular flexibility index (Phi) is 4.37. The van der Waals surface area contributed by atoms with Crippen LogP contribution < -0.4 is 4.90 Å². The molecule has 3 nitrogen and oxygen atoms in total. The number of hydrogen-bond donors (Lipinski definition) is 0. The SMILES string of the molecule is O=C1[C@H]2[C@H](C(=O)N1c1cccc(C(F)(F)F)c1)[C@]1(Cl)C(Cl)=C(Cl)[C@]2(Cl)C1(Cl)Cl. The number of hydrogen-bond acceptors (Lipinski definition) is 2. The highest BCUT2D eigenvalue weighted by Crippen LogP contribution is 2.77. The van der Waals surface area contributed by atoms with Gasteiger partial charge in [0.2, 0.25) is 11.8 Å². The number of carbonyl (C=O) groups is 2. The number of benzene rings is 1. The van der Waals surface area contributed by atoms with Gasteiger partial charge in [-0.05, 0) is 18.2 Å². The number of nitrogens with zero attached hydrogens (tertiary/aromatic N) is 1. The van der Waals surface area contributed by atoms with Crippen molar-refractivity contribution in [3.05, 3.63) is 39.9 Å². The van der Waals surface area contributed by atoms with Crippen molar-refractivity contribution in [3.63, 3.8) is 0 Å². The lowest BCUT2D eigenvalue weighted by molar-refractivity contribution is -0.137. The molecule has 4 atom stereocenters. The first-order valence-electron chi connectivity index (χ1n) is 7.59. The maximum atomic E-state index is 13.1. The van der Waals surface area contributed by atoms with Crippen LogP contribution in [0.3, 0.4) is 0 Å². The van der Waals surface area contributed by atoms with Gasteiger partial charge >= 0.3 is 6.18 Å². The second-order valence-electron chi connectivity index (χ2n) is 6.64. The zero-order valence-electron chi connectivity index (χ0n) is 13.1. The molecule has 0 unspecified atom stereocenters. The number of amides is 2. The lowest BCUT2D eigenvalue weighted by Crippen LogP contribution is -2.50. The van der Waals surface area contributed by atoms with Gasteiger partial charge in [-0.15, -0.1) is 23.2 Å². The molecule has 1 heterocycles. The third-order valence-corrected chi connectivity index (χ3v) is 9.60. The maximum Gasteiger partial charge on any atom is 0.416 e. The van der Waals surface area contributed by atoms with Crippen molar-refractivity contribution in [1.82, 2.24) is 0 Å². The van der Waals surface area contributed by atoms with Crippen LogP contribution in [0, 0.1) is 11.8 Å². The number of halogens is 9. The van der Waals surface area contributed by atoms with E-state index in [-0.39, 0.29) is 15.8 Å². The van der Waals surface area contributed by atoms with Crippen LogP contribution in [-0.2, 0) is 15.8 Å². The minimum atomic E-state index is -4.67. The lowest BCUT2D eigenvalue weighted by atomic mass is 9.84. The molecule has 0 spiro atoms. The van der Waals surface area contributed by atoms with Gasteiger partial charge in [-0.3, -0.25) is 9.59 Å². The van der Waals surface area contributed by atoms with Crippen molar-refractivity contribution in [3.8, 4) is 0 Å². The van der Waals surface area contributed by atoms with E-state index < -0.39 is 49.5 Å². The first-order chi connectivity index (χ1) is 12.7. The number of carbonyl (C=O) groups excluding carboxylic acids is 2. The summed E-state index contributed by atoms with van der Waals surface area (Å²) in [4.78, 5) is 22.7. The second-order valence-corrected chi connectivity index (χ2v) is 9.92. The normalized spacial score (nSPS) is 36.5. The predicted molar refractivity (Wildman–Crippen MR) is 101 cm³/mol. The van der Waals surface area contributed by atoms with Crippen LogP contribution >= 0.6 is 69.6 Å². The van der Waals surface area contributed by atoms with Crippen molar-refractivity contribution < 1.29 is 22.8 Å². The fourth-order valence-corrected chi connectivity index (χ4v) is 7.00. The third-order valence-electron chi connectivity index (χ3n) is 5.34. The first-order valence-corrected chi connectivity index (χ1v) is 9.86. The molecular formula is C16H6Cl6F3NO2. The van der Waals surface area contributed by atoms with Crippen LogP contribution in [0.15, 0.2) is 34.3 Å². The van der Waals surface area contributed by atoms with E-state index in [4.69, 9.17) is 69.6 Å². The van der Waals surface area contributed by atoms with E-state index in [9.17, 15) is 22.8 Å². The maximum absolute atomic E-state index is 13.1. The highest BCUT2D eigenvalue weighted by Gasteiger charge is 2.87. The zero-order chi connectivity index (χ0) is 21.0. The Morgan fingerprint density at radius 3 is 1.79 bits per heavy atom. The summed E-state index contributed by atoms with van der Waals surface area (Å²) in [5.74, 6) is -4.64. The van der Waals surface area contributed by atoms with Gasteiger partial charge in [0.25, 0.3) is 0 Å². The molecule has 2 fully saturated rings. The molecule has 2 bridgehead atoms. The molecule has 0 radical (unpaired) electrons. The fourth-order valence-electron chi connectivity index (χ4n) is 4.07. The smallest absolute Gasteiger partial charge is 0.274 e. The monoisotopic (exact) mass is 511 g/mol. The van der Waals surface area contributed by atoms with Crippen molar-refractivity contribution in [1.29, 1.82) is 0 Å². The molecule has 150 valence electrons. The van der Waals surface area contributed by atoms with Crippen LogP contribution in [0.1, 0.15) is 5.56 Å². The molecule has 4 rings (SSSR count). The Labute approximate surface area is 186 Å². The van der Waals surface area contributed by atoms with Crippen LogP contribution in [0.5, 0.6) is 0 Å². The number of rotatable bonds is 1. The van der Waals surface area contributed by atoms with Gasteiger partial charge in [0.15, 0.2) is 4.33 Å². The van der Waals surface area contributed by atoms with E-state index in [1.165, 1.54) is 6.07 Å². The van der Waals surface area contributed by atoms with E-state index in [1.807, 2.05) is 0 Å². The van der Waals surface area contributed by atoms with E-state index in [2.05, 4.69) is 0 Å². The van der Waals surface area contributed by atoms with Crippen LogP contribution in [0.25, 0.3) is 0 Å². The molecular weight excluding hydrogens is 508 g/mol. The molecule has 0 aromatic heterocycles. The molecule has 2 aliphatic carbocycles. The van der Waals surface area contributed by atoms with Gasteiger partial charge in [-0.2, -0.15) is 13.2 Å². The highest BCUT2D eigenvalue weighted by atomic mass is 35.5. The predicted octanol–water partition coefficient (Wildman–Crippen LogP) is 5.66. The Morgan fingerprint density at radius 2 is 1.36 bits per heavy atom. The summed E-state index contributed by atoms with van der Waals surface area (Å²) < 4.78 is 37.0. The number of imide groups is 1. The Bertz CT molecular complexity index is 933. The first kappa shape index (κ1) is 20.9. The Hall–Kier alpha value is -0.370. The van der Waals surface area contributed by atoms with Crippen molar-refractivity contribution in [2.45, 2.75) is 20.3 Å². The zero-order valence-corrected chi connectivity index (χ0v) is 17.7. The standard InChI is InChI=1S/C16H6Cl6F3NO2/c17-9-10(18)14(20)8-7(13(9,19)16(14,21)22)11(27)26(12(8)28)6-3-1-2-5(4-6)15(23,24)25/h1-4,7-8H/t7-,8-,13+,14+/m1/s1. The summed E-state index contributed by atoms with van der Waals surface area (Å²) >= 11 is 38.1. The van der Waals surface area contributed by atoms with Crippen LogP contribution in [0.4, 0.5) is 18.9 Å². The van der Waals surface area contributed by atoms with Gasteiger partial charge in [0.05, 0.1) is 33.2 Å². The molecule has 1 aliphatic heterocycles. The number of anilines is 1. The highest BCUT2D eigenvalue weighted by molar-refractivity contribution is 6.67. The largest absolute Gasteiger partial charge is 0.416 e. The quantitative estimate of drug-likeness (QED) is 0.359. The Morgan fingerprint density at radius 1 is 0.893 bits per heavy atom. The minimum Gasteiger partial charge on any atom is -0.274 e. The molecule has 2 amide bonds. The summed E-state index contributed by atoms with van der Waals surface area (Å²) in [6.45, 7) is 0. The minimum absolute atomic E-state index is 0.274. The van der Waals surface area contributed by atoms with Crippen LogP contribution in [-0.4, -0.2) is 25.9 Å². The van der Waals surface area contributed by atoms with Gasteiger partial charge in [0, 0.05) is 0 Å². The average molecular weight is 514 g/mol. The van der Waals surface area contributed by atoms with Gasteiger partial charge in [0.1, 0.15) is 9.75 Å². The number of fused-ring (bicyclic) bond motifs is 5. The van der Waals surface area contributed by atoms with Crippen molar-refractivity contribution in [2.24, 2.45) is 11.8 Å².